The van der Waals surface area contributed by atoms with Crippen LogP contribution >= 0.6 is 11.6 Å². The Morgan fingerprint density at radius 3 is 2.47 bits per heavy atom. The van der Waals surface area contributed by atoms with E-state index in [1.165, 1.54) is 0 Å². The molecule has 0 saturated carbocycles. The van der Waals surface area contributed by atoms with Crippen LogP contribution in [0.2, 0.25) is 5.02 Å². The third-order valence-electron chi connectivity index (χ3n) is 2.96. The largest absolute Gasteiger partial charge is 0.385 e. The minimum absolute atomic E-state index is 0.716. The van der Waals surface area contributed by atoms with Gasteiger partial charge in [-0.3, -0.25) is 0 Å². The zero-order chi connectivity index (χ0) is 11.5. The van der Waals surface area contributed by atoms with Crippen molar-refractivity contribution in [3.05, 3.63) is 34.3 Å². The molecule has 1 unspecified atom stereocenters. The van der Waals surface area contributed by atoms with E-state index in [2.05, 4.69) is 6.92 Å². The maximum atomic E-state index is 10.4. The predicted molar refractivity (Wildman–Crippen MR) is 65.3 cm³/mol. The van der Waals surface area contributed by atoms with Crippen LogP contribution < -0.4 is 0 Å². The summed E-state index contributed by atoms with van der Waals surface area (Å²) in [6, 6.07) is 5.82. The van der Waals surface area contributed by atoms with Crippen LogP contribution in [0.4, 0.5) is 0 Å². The predicted octanol–water partition coefficient (Wildman–Crippen LogP) is 4.05. The molecule has 2 heteroatoms. The van der Waals surface area contributed by atoms with Crippen molar-refractivity contribution in [1.29, 1.82) is 0 Å². The molecular formula is C13H19ClO. The summed E-state index contributed by atoms with van der Waals surface area (Å²) in [7, 11) is 0. The van der Waals surface area contributed by atoms with Crippen LogP contribution in [0.5, 0.6) is 0 Å². The van der Waals surface area contributed by atoms with Crippen LogP contribution in [0.3, 0.4) is 0 Å². The lowest BCUT2D eigenvalue weighted by Gasteiger charge is -2.27. The molecule has 0 heterocycles. The summed E-state index contributed by atoms with van der Waals surface area (Å²) in [6.07, 6.45) is 2.47. The van der Waals surface area contributed by atoms with Gasteiger partial charge in [-0.25, -0.2) is 0 Å². The molecule has 15 heavy (non-hydrogen) atoms. The Hall–Kier alpha value is -0.530. The van der Waals surface area contributed by atoms with Crippen molar-refractivity contribution in [2.24, 2.45) is 0 Å². The van der Waals surface area contributed by atoms with Crippen LogP contribution in [0.1, 0.15) is 44.2 Å². The molecule has 0 aromatic heterocycles. The van der Waals surface area contributed by atoms with E-state index in [9.17, 15) is 5.11 Å². The molecule has 0 aliphatic carbocycles. The minimum Gasteiger partial charge on any atom is -0.385 e. The van der Waals surface area contributed by atoms with E-state index < -0.39 is 5.60 Å². The lowest BCUT2D eigenvalue weighted by atomic mass is 9.86. The van der Waals surface area contributed by atoms with Crippen molar-refractivity contribution in [2.75, 3.05) is 0 Å². The summed E-state index contributed by atoms with van der Waals surface area (Å²) in [5.74, 6) is 0. The molecule has 1 nitrogen and oxygen atoms in total. The lowest BCUT2D eigenvalue weighted by Crippen LogP contribution is -2.24. The Bertz CT molecular complexity index is 335. The lowest BCUT2D eigenvalue weighted by molar-refractivity contribution is 0.0226. The van der Waals surface area contributed by atoms with Gasteiger partial charge >= 0.3 is 0 Å². The van der Waals surface area contributed by atoms with Crippen molar-refractivity contribution >= 4 is 11.6 Å². The van der Waals surface area contributed by atoms with Gasteiger partial charge in [0.05, 0.1) is 5.60 Å². The molecule has 0 fully saturated rings. The Labute approximate surface area is 97.1 Å². The van der Waals surface area contributed by atoms with Gasteiger partial charge in [0.15, 0.2) is 0 Å². The first-order valence-corrected chi connectivity index (χ1v) is 5.90. The second kappa shape index (κ2) is 5.00. The molecular weight excluding hydrogens is 208 g/mol. The second-order valence-corrected chi connectivity index (χ2v) is 4.51. The molecule has 0 amide bonds. The van der Waals surface area contributed by atoms with Crippen LogP contribution in [0.15, 0.2) is 18.2 Å². The monoisotopic (exact) mass is 226 g/mol. The Morgan fingerprint density at radius 2 is 2.00 bits per heavy atom. The Morgan fingerprint density at radius 1 is 1.33 bits per heavy atom. The van der Waals surface area contributed by atoms with Gasteiger partial charge < -0.3 is 5.11 Å². The fraction of sp³-hybridized carbons (Fsp3) is 0.538. The fourth-order valence-electron chi connectivity index (χ4n) is 1.82. The molecule has 0 aliphatic heterocycles. The number of aliphatic hydroxyl groups is 1. The smallest absolute Gasteiger partial charge is 0.0894 e. The van der Waals surface area contributed by atoms with E-state index in [1.807, 2.05) is 32.0 Å². The number of hydrogen-bond donors (Lipinski definition) is 1. The highest BCUT2D eigenvalue weighted by atomic mass is 35.5. The molecule has 1 N–H and O–H groups in total. The Kier molecular flexibility index (Phi) is 4.18. The molecule has 0 spiro atoms. The van der Waals surface area contributed by atoms with Gasteiger partial charge in [0.2, 0.25) is 0 Å². The first-order valence-electron chi connectivity index (χ1n) is 5.52. The molecule has 84 valence electrons. The molecule has 1 atom stereocenters. The quantitative estimate of drug-likeness (QED) is 0.822. The van der Waals surface area contributed by atoms with Crippen molar-refractivity contribution in [3.8, 4) is 0 Å². The molecule has 0 bridgehead atoms. The minimum atomic E-state index is -0.716. The van der Waals surface area contributed by atoms with Crippen molar-refractivity contribution in [3.63, 3.8) is 0 Å². The third kappa shape index (κ3) is 2.73. The average molecular weight is 227 g/mol. The van der Waals surface area contributed by atoms with Crippen LogP contribution in [-0.4, -0.2) is 5.11 Å². The topological polar surface area (TPSA) is 20.2 Å². The number of halogens is 1. The zero-order valence-corrected chi connectivity index (χ0v) is 10.4. The van der Waals surface area contributed by atoms with Gasteiger partial charge in [0, 0.05) is 5.02 Å². The summed E-state index contributed by atoms with van der Waals surface area (Å²) in [4.78, 5) is 0. The van der Waals surface area contributed by atoms with Gasteiger partial charge in [-0.1, -0.05) is 44.0 Å². The number of aryl methyl sites for hydroxylation is 1. The van der Waals surface area contributed by atoms with Gasteiger partial charge in [-0.05, 0) is 37.0 Å². The molecule has 0 radical (unpaired) electrons. The number of hydrogen-bond acceptors (Lipinski definition) is 1. The van der Waals surface area contributed by atoms with E-state index in [4.69, 9.17) is 11.6 Å². The first kappa shape index (κ1) is 12.5. The zero-order valence-electron chi connectivity index (χ0n) is 9.68. The maximum Gasteiger partial charge on any atom is 0.0894 e. The van der Waals surface area contributed by atoms with E-state index in [0.29, 0.717) is 0 Å². The highest BCUT2D eigenvalue weighted by Crippen LogP contribution is 2.32. The first-order chi connectivity index (χ1) is 7.03. The summed E-state index contributed by atoms with van der Waals surface area (Å²) < 4.78 is 0. The Balaban J connectivity index is 3.07. The van der Waals surface area contributed by atoms with E-state index in [0.717, 1.165) is 35.4 Å². The van der Waals surface area contributed by atoms with Crippen molar-refractivity contribution in [1.82, 2.24) is 0 Å². The number of benzene rings is 1. The van der Waals surface area contributed by atoms with E-state index in [-0.39, 0.29) is 0 Å². The van der Waals surface area contributed by atoms with Crippen molar-refractivity contribution in [2.45, 2.75) is 45.6 Å². The molecule has 0 saturated heterocycles. The fourth-order valence-corrected chi connectivity index (χ4v) is 2.00. The number of rotatable bonds is 4. The summed E-state index contributed by atoms with van der Waals surface area (Å²) in [6.45, 7) is 6.05. The molecule has 1 rings (SSSR count). The van der Waals surface area contributed by atoms with Gasteiger partial charge in [0.25, 0.3) is 0 Å². The van der Waals surface area contributed by atoms with Crippen molar-refractivity contribution < 1.29 is 5.11 Å². The van der Waals surface area contributed by atoms with E-state index in [1.54, 1.807) is 0 Å². The third-order valence-corrected chi connectivity index (χ3v) is 3.36. The van der Waals surface area contributed by atoms with Crippen LogP contribution in [0, 0.1) is 6.92 Å². The SMILES string of the molecule is CCCC(O)(CC)c1ccc(C)c(Cl)c1. The second-order valence-electron chi connectivity index (χ2n) is 4.10. The molecule has 0 aliphatic rings. The summed E-state index contributed by atoms with van der Waals surface area (Å²) in [5.41, 5.74) is 1.27. The average Bonchev–Trinajstić information content (AvgIpc) is 2.22. The van der Waals surface area contributed by atoms with Gasteiger partial charge in [-0.15, -0.1) is 0 Å². The summed E-state index contributed by atoms with van der Waals surface area (Å²) >= 11 is 6.07. The van der Waals surface area contributed by atoms with Crippen LogP contribution in [0.25, 0.3) is 0 Å². The maximum absolute atomic E-state index is 10.4. The highest BCUT2D eigenvalue weighted by molar-refractivity contribution is 6.31. The van der Waals surface area contributed by atoms with Gasteiger partial charge in [0.1, 0.15) is 0 Å². The standard InChI is InChI=1S/C13H19ClO/c1-4-8-13(15,5-2)11-7-6-10(3)12(14)9-11/h6-7,9,15H,4-5,8H2,1-3H3. The highest BCUT2D eigenvalue weighted by Gasteiger charge is 2.26. The summed E-state index contributed by atoms with van der Waals surface area (Å²) in [5, 5.41) is 11.2. The molecule has 1 aromatic carbocycles. The van der Waals surface area contributed by atoms with E-state index >= 15 is 0 Å². The molecule has 1 aromatic rings. The normalized spacial score (nSPS) is 15.0. The van der Waals surface area contributed by atoms with Gasteiger partial charge in [-0.2, -0.15) is 0 Å². The van der Waals surface area contributed by atoms with Crippen LogP contribution in [-0.2, 0) is 5.60 Å².